The summed E-state index contributed by atoms with van der Waals surface area (Å²) in [7, 11) is 0. The van der Waals surface area contributed by atoms with E-state index in [2.05, 4.69) is 21.2 Å². The van der Waals surface area contributed by atoms with E-state index in [0.717, 1.165) is 26.5 Å². The molecular formula is C24H19BrClNO3. The number of amides is 1. The molecular weight excluding hydrogens is 466 g/mol. The van der Waals surface area contributed by atoms with Crippen molar-refractivity contribution in [2.24, 2.45) is 0 Å². The summed E-state index contributed by atoms with van der Waals surface area (Å²) in [5.41, 5.74) is 3.93. The molecule has 0 aliphatic heterocycles. The van der Waals surface area contributed by atoms with Crippen molar-refractivity contribution in [2.75, 3.05) is 5.32 Å². The molecule has 1 N–H and O–H groups in total. The Morgan fingerprint density at radius 2 is 1.83 bits per heavy atom. The summed E-state index contributed by atoms with van der Waals surface area (Å²) >= 11 is 9.67. The zero-order valence-corrected chi connectivity index (χ0v) is 18.8. The lowest BCUT2D eigenvalue weighted by Crippen LogP contribution is -2.16. The van der Waals surface area contributed by atoms with Gasteiger partial charge in [-0.05, 0) is 49.7 Å². The molecule has 1 heterocycles. The molecule has 0 fully saturated rings. The number of furan rings is 1. The lowest BCUT2D eigenvalue weighted by Gasteiger charge is -2.15. The smallest absolute Gasteiger partial charge is 0.412 e. The first-order valence-corrected chi connectivity index (χ1v) is 10.6. The van der Waals surface area contributed by atoms with Crippen LogP contribution in [0.4, 0.5) is 10.5 Å². The highest BCUT2D eigenvalue weighted by Crippen LogP contribution is 2.39. The number of hydrogen-bond donors (Lipinski definition) is 1. The zero-order valence-electron chi connectivity index (χ0n) is 16.4. The van der Waals surface area contributed by atoms with E-state index >= 15 is 0 Å². The van der Waals surface area contributed by atoms with Crippen LogP contribution in [-0.4, -0.2) is 6.09 Å². The molecule has 4 nitrogen and oxygen atoms in total. The van der Waals surface area contributed by atoms with Crippen LogP contribution in [0.2, 0.25) is 5.02 Å². The van der Waals surface area contributed by atoms with E-state index in [1.165, 1.54) is 0 Å². The van der Waals surface area contributed by atoms with E-state index in [4.69, 9.17) is 20.8 Å². The quantitative estimate of drug-likeness (QED) is 0.318. The Hall–Kier alpha value is -2.76. The number of rotatable bonds is 4. The molecule has 0 aliphatic rings. The number of aryl methyl sites for hydroxylation is 1. The Balaban J connectivity index is 1.67. The van der Waals surface area contributed by atoms with Crippen molar-refractivity contribution in [1.29, 1.82) is 0 Å². The number of anilines is 1. The summed E-state index contributed by atoms with van der Waals surface area (Å²) in [5.74, 6) is 0.574. The van der Waals surface area contributed by atoms with Gasteiger partial charge in [-0.25, -0.2) is 4.79 Å². The van der Waals surface area contributed by atoms with E-state index < -0.39 is 12.2 Å². The molecule has 0 spiro atoms. The molecule has 0 saturated heterocycles. The van der Waals surface area contributed by atoms with E-state index in [-0.39, 0.29) is 0 Å². The molecule has 4 aromatic rings. The summed E-state index contributed by atoms with van der Waals surface area (Å²) in [4.78, 5) is 12.7. The van der Waals surface area contributed by atoms with Crippen molar-refractivity contribution in [3.8, 4) is 11.3 Å². The highest BCUT2D eigenvalue weighted by Gasteiger charge is 2.21. The van der Waals surface area contributed by atoms with Gasteiger partial charge in [0.1, 0.15) is 11.7 Å². The maximum atomic E-state index is 12.7. The van der Waals surface area contributed by atoms with E-state index in [0.29, 0.717) is 22.1 Å². The fourth-order valence-electron chi connectivity index (χ4n) is 3.29. The second-order valence-electron chi connectivity index (χ2n) is 7.01. The highest BCUT2D eigenvalue weighted by atomic mass is 79.9. The third-order valence-electron chi connectivity index (χ3n) is 4.81. The SMILES string of the molecule is Cc1ccc2c(NC(=O)O[C@H](C)c3ccccc3Cl)c(-c3ccc(Br)cc3)oc2c1. The van der Waals surface area contributed by atoms with Gasteiger partial charge in [-0.1, -0.05) is 63.9 Å². The van der Waals surface area contributed by atoms with Crippen molar-refractivity contribution in [3.63, 3.8) is 0 Å². The predicted molar refractivity (Wildman–Crippen MR) is 124 cm³/mol. The number of halogens is 2. The molecule has 0 aliphatic carbocycles. The number of carbonyl (C=O) groups excluding carboxylic acids is 1. The molecule has 0 unspecified atom stereocenters. The van der Waals surface area contributed by atoms with Gasteiger partial charge in [0.2, 0.25) is 0 Å². The van der Waals surface area contributed by atoms with Crippen LogP contribution in [0.15, 0.2) is 75.6 Å². The molecule has 3 aromatic carbocycles. The summed E-state index contributed by atoms with van der Waals surface area (Å²) in [6.07, 6.45) is -1.08. The van der Waals surface area contributed by atoms with E-state index in [1.54, 1.807) is 13.0 Å². The third kappa shape index (κ3) is 4.23. The van der Waals surface area contributed by atoms with Gasteiger partial charge in [0.15, 0.2) is 5.76 Å². The Kier molecular flexibility index (Phi) is 5.84. The molecule has 0 saturated carbocycles. The topological polar surface area (TPSA) is 51.5 Å². The highest BCUT2D eigenvalue weighted by molar-refractivity contribution is 9.10. The standard InChI is InChI=1S/C24H19BrClNO3/c1-14-7-12-19-21(13-14)30-23(16-8-10-17(25)11-9-16)22(19)27-24(28)29-15(2)18-5-3-4-6-20(18)26/h3-13,15H,1-2H3,(H,27,28)/t15-/m1/s1. The average Bonchev–Trinajstić information content (AvgIpc) is 3.06. The number of hydrogen-bond acceptors (Lipinski definition) is 3. The van der Waals surface area contributed by atoms with Crippen LogP contribution in [0.25, 0.3) is 22.3 Å². The molecule has 1 aromatic heterocycles. The Morgan fingerprint density at radius 3 is 2.57 bits per heavy atom. The van der Waals surface area contributed by atoms with Crippen molar-refractivity contribution in [2.45, 2.75) is 20.0 Å². The summed E-state index contributed by atoms with van der Waals surface area (Å²) in [5, 5.41) is 4.24. The average molecular weight is 485 g/mol. The monoisotopic (exact) mass is 483 g/mol. The molecule has 0 bridgehead atoms. The molecule has 152 valence electrons. The largest absolute Gasteiger partial charge is 0.454 e. The molecule has 30 heavy (non-hydrogen) atoms. The van der Waals surface area contributed by atoms with Crippen LogP contribution in [-0.2, 0) is 4.74 Å². The fourth-order valence-corrected chi connectivity index (χ4v) is 3.85. The molecule has 0 radical (unpaired) electrons. The Morgan fingerprint density at radius 1 is 1.10 bits per heavy atom. The van der Waals surface area contributed by atoms with Crippen molar-refractivity contribution in [3.05, 3.63) is 87.4 Å². The predicted octanol–water partition coefficient (Wildman–Crippen LogP) is 8.13. The Labute approximate surface area is 187 Å². The minimum Gasteiger partial charge on any atom is -0.454 e. The van der Waals surface area contributed by atoms with Crippen LogP contribution < -0.4 is 5.32 Å². The number of ether oxygens (including phenoxy) is 1. The van der Waals surface area contributed by atoms with E-state index in [9.17, 15) is 4.79 Å². The van der Waals surface area contributed by atoms with Gasteiger partial charge in [0.05, 0.1) is 5.69 Å². The Bertz CT molecular complexity index is 1220. The molecule has 4 rings (SSSR count). The van der Waals surface area contributed by atoms with Gasteiger partial charge >= 0.3 is 6.09 Å². The van der Waals surface area contributed by atoms with Crippen LogP contribution in [0.3, 0.4) is 0 Å². The lowest BCUT2D eigenvalue weighted by molar-refractivity contribution is 0.121. The number of benzene rings is 3. The van der Waals surface area contributed by atoms with Gasteiger partial charge in [-0.2, -0.15) is 0 Å². The van der Waals surface area contributed by atoms with Crippen LogP contribution in [0.5, 0.6) is 0 Å². The second-order valence-corrected chi connectivity index (χ2v) is 8.33. The third-order valence-corrected chi connectivity index (χ3v) is 5.68. The van der Waals surface area contributed by atoms with Gasteiger partial charge in [-0.3, -0.25) is 5.32 Å². The minimum atomic E-state index is -0.580. The maximum absolute atomic E-state index is 12.7. The van der Waals surface area contributed by atoms with Gasteiger partial charge in [0.25, 0.3) is 0 Å². The first-order chi connectivity index (χ1) is 14.4. The van der Waals surface area contributed by atoms with Crippen LogP contribution >= 0.6 is 27.5 Å². The van der Waals surface area contributed by atoms with Crippen molar-refractivity contribution >= 4 is 50.3 Å². The second kappa shape index (κ2) is 8.54. The molecule has 1 amide bonds. The summed E-state index contributed by atoms with van der Waals surface area (Å²) in [6.45, 7) is 3.78. The maximum Gasteiger partial charge on any atom is 0.412 e. The van der Waals surface area contributed by atoms with Crippen LogP contribution in [0.1, 0.15) is 24.2 Å². The number of fused-ring (bicyclic) bond motifs is 1. The van der Waals surface area contributed by atoms with Crippen molar-refractivity contribution < 1.29 is 13.9 Å². The number of carbonyl (C=O) groups is 1. The van der Waals surface area contributed by atoms with Gasteiger partial charge in [-0.15, -0.1) is 0 Å². The van der Waals surface area contributed by atoms with E-state index in [1.807, 2.05) is 67.6 Å². The first-order valence-electron chi connectivity index (χ1n) is 9.43. The molecule has 6 heteroatoms. The molecule has 1 atom stereocenters. The fraction of sp³-hybridized carbons (Fsp3) is 0.125. The van der Waals surface area contributed by atoms with Gasteiger partial charge in [0, 0.05) is 26.0 Å². The first kappa shape index (κ1) is 20.5. The normalized spacial score (nSPS) is 12.0. The minimum absolute atomic E-state index is 0.504. The number of nitrogens with one attached hydrogen (secondary N) is 1. The summed E-state index contributed by atoms with van der Waals surface area (Å²) in [6, 6.07) is 20.9. The summed E-state index contributed by atoms with van der Waals surface area (Å²) < 4.78 is 12.7. The van der Waals surface area contributed by atoms with Crippen molar-refractivity contribution in [1.82, 2.24) is 0 Å². The zero-order chi connectivity index (χ0) is 21.3. The van der Waals surface area contributed by atoms with Crippen LogP contribution in [0, 0.1) is 6.92 Å². The van der Waals surface area contributed by atoms with Gasteiger partial charge < -0.3 is 9.15 Å². The lowest BCUT2D eigenvalue weighted by atomic mass is 10.1.